The van der Waals surface area contributed by atoms with Crippen molar-refractivity contribution in [1.82, 2.24) is 10.0 Å². The molecule has 0 aliphatic heterocycles. The van der Waals surface area contributed by atoms with Crippen LogP contribution < -0.4 is 10.0 Å². The molecule has 0 saturated heterocycles. The summed E-state index contributed by atoms with van der Waals surface area (Å²) in [7, 11) is -2.23. The van der Waals surface area contributed by atoms with Gasteiger partial charge in [0.25, 0.3) is 0 Å². The van der Waals surface area contributed by atoms with Gasteiger partial charge in [-0.2, -0.15) is 0 Å². The van der Waals surface area contributed by atoms with E-state index in [4.69, 9.17) is 5.11 Å². The molecule has 0 heterocycles. The maximum Gasteiger partial charge on any atom is 0.319 e. The lowest BCUT2D eigenvalue weighted by Crippen LogP contribution is -2.36. The number of aliphatic carboxylic acids is 1. The molecule has 0 aromatic heterocycles. The fourth-order valence-corrected chi connectivity index (χ4v) is 2.75. The van der Waals surface area contributed by atoms with Gasteiger partial charge in [-0.1, -0.05) is 12.1 Å². The highest BCUT2D eigenvalue weighted by molar-refractivity contribution is 7.89. The zero-order valence-electron chi connectivity index (χ0n) is 11.4. The number of hydrogen-bond donors (Lipinski definition) is 3. The highest BCUT2D eigenvalue weighted by Crippen LogP contribution is 2.46. The van der Waals surface area contributed by atoms with Crippen LogP contribution in [0.1, 0.15) is 18.4 Å². The molecule has 8 heteroatoms. The van der Waals surface area contributed by atoms with Crippen LogP contribution in [0.4, 0.5) is 0 Å². The molecule has 1 aromatic rings. The molecule has 3 N–H and O–H groups in total. The van der Waals surface area contributed by atoms with E-state index in [0.717, 1.165) is 0 Å². The monoisotopic (exact) mass is 312 g/mol. The van der Waals surface area contributed by atoms with Gasteiger partial charge >= 0.3 is 5.97 Å². The molecular weight excluding hydrogens is 296 g/mol. The van der Waals surface area contributed by atoms with E-state index in [1.54, 1.807) is 12.1 Å². The van der Waals surface area contributed by atoms with E-state index < -0.39 is 27.3 Å². The minimum absolute atomic E-state index is 0.0843. The Morgan fingerprint density at radius 2 is 2.00 bits per heavy atom. The Kier molecular flexibility index (Phi) is 4.02. The lowest BCUT2D eigenvalue weighted by Gasteiger charge is -2.11. The molecule has 1 fully saturated rings. The molecule has 2 rings (SSSR count). The molecule has 1 amide bonds. The van der Waals surface area contributed by atoms with Crippen LogP contribution in [-0.4, -0.2) is 32.4 Å². The van der Waals surface area contributed by atoms with Gasteiger partial charge in [-0.3, -0.25) is 9.59 Å². The summed E-state index contributed by atoms with van der Waals surface area (Å²) in [6.45, 7) is 0.0843. The van der Waals surface area contributed by atoms with Crippen LogP contribution in [0.15, 0.2) is 29.2 Å². The first-order valence-corrected chi connectivity index (χ1v) is 7.84. The second kappa shape index (κ2) is 5.45. The molecule has 1 aliphatic rings. The molecule has 114 valence electrons. The minimum Gasteiger partial charge on any atom is -0.480 e. The predicted molar refractivity (Wildman–Crippen MR) is 73.8 cm³/mol. The standard InChI is InChI=1S/C13H16N2O5S/c1-14-21(19,20)10-4-2-3-9(7-10)8-15-11(16)13(5-6-13)12(17)18/h2-4,7,14H,5-6,8H2,1H3,(H,15,16)(H,17,18). The van der Waals surface area contributed by atoms with Gasteiger partial charge in [-0.05, 0) is 37.6 Å². The zero-order valence-corrected chi connectivity index (χ0v) is 12.2. The van der Waals surface area contributed by atoms with Gasteiger partial charge in [0.15, 0.2) is 0 Å². The smallest absolute Gasteiger partial charge is 0.319 e. The number of hydrogen-bond acceptors (Lipinski definition) is 4. The third-order valence-electron chi connectivity index (χ3n) is 3.52. The fraction of sp³-hybridized carbons (Fsp3) is 0.385. The van der Waals surface area contributed by atoms with E-state index >= 15 is 0 Å². The Bertz CT molecular complexity index is 680. The summed E-state index contributed by atoms with van der Waals surface area (Å²) in [5.74, 6) is -1.65. The first-order chi connectivity index (χ1) is 9.82. The fourth-order valence-electron chi connectivity index (χ4n) is 1.96. The van der Waals surface area contributed by atoms with E-state index in [-0.39, 0.29) is 11.4 Å². The third-order valence-corrected chi connectivity index (χ3v) is 4.94. The summed E-state index contributed by atoms with van der Waals surface area (Å²) in [4.78, 5) is 23.0. The first kappa shape index (κ1) is 15.5. The van der Waals surface area contributed by atoms with Crippen LogP contribution in [0.25, 0.3) is 0 Å². The Hall–Kier alpha value is -1.93. The van der Waals surface area contributed by atoms with E-state index in [1.807, 2.05) is 0 Å². The topological polar surface area (TPSA) is 113 Å². The Labute approximate surface area is 122 Å². The van der Waals surface area contributed by atoms with Crippen molar-refractivity contribution in [2.75, 3.05) is 7.05 Å². The molecule has 0 atom stereocenters. The summed E-state index contributed by atoms with van der Waals surface area (Å²) >= 11 is 0. The first-order valence-electron chi connectivity index (χ1n) is 6.36. The Morgan fingerprint density at radius 1 is 1.33 bits per heavy atom. The molecule has 1 saturated carbocycles. The summed E-state index contributed by atoms with van der Waals surface area (Å²) in [6, 6.07) is 6.11. The number of carbonyl (C=O) groups excluding carboxylic acids is 1. The van der Waals surface area contributed by atoms with Crippen LogP contribution in [0.3, 0.4) is 0 Å². The third kappa shape index (κ3) is 3.06. The molecule has 7 nitrogen and oxygen atoms in total. The van der Waals surface area contributed by atoms with Crippen LogP contribution >= 0.6 is 0 Å². The molecular formula is C13H16N2O5S. The predicted octanol–water partition coefficient (Wildman–Crippen LogP) is 0.0757. The van der Waals surface area contributed by atoms with Crippen LogP contribution in [0.5, 0.6) is 0 Å². The number of nitrogens with one attached hydrogen (secondary N) is 2. The van der Waals surface area contributed by atoms with Crippen molar-refractivity contribution in [3.8, 4) is 0 Å². The van der Waals surface area contributed by atoms with Crippen LogP contribution in [0, 0.1) is 5.41 Å². The molecule has 21 heavy (non-hydrogen) atoms. The number of carboxylic acid groups (broad SMARTS) is 1. The van der Waals surface area contributed by atoms with Gasteiger partial charge in [0, 0.05) is 6.54 Å². The van der Waals surface area contributed by atoms with Crippen molar-refractivity contribution in [2.24, 2.45) is 5.41 Å². The van der Waals surface area contributed by atoms with Crippen LogP contribution in [0.2, 0.25) is 0 Å². The molecule has 1 aromatic carbocycles. The van der Waals surface area contributed by atoms with Gasteiger partial charge in [0.05, 0.1) is 4.90 Å². The zero-order chi connectivity index (χ0) is 15.7. The lowest BCUT2D eigenvalue weighted by molar-refractivity contribution is -0.149. The second-order valence-electron chi connectivity index (χ2n) is 4.92. The molecule has 0 spiro atoms. The highest BCUT2D eigenvalue weighted by Gasteiger charge is 2.56. The molecule has 1 aliphatic carbocycles. The van der Waals surface area contributed by atoms with Crippen molar-refractivity contribution in [2.45, 2.75) is 24.3 Å². The quantitative estimate of drug-likeness (QED) is 0.644. The minimum atomic E-state index is -3.55. The van der Waals surface area contributed by atoms with E-state index in [2.05, 4.69) is 10.0 Å². The maximum atomic E-state index is 11.9. The van der Waals surface area contributed by atoms with Crippen LogP contribution in [-0.2, 0) is 26.2 Å². The summed E-state index contributed by atoms with van der Waals surface area (Å²) < 4.78 is 25.6. The molecule has 0 bridgehead atoms. The van der Waals surface area contributed by atoms with Gasteiger partial charge < -0.3 is 10.4 Å². The van der Waals surface area contributed by atoms with Crippen molar-refractivity contribution in [1.29, 1.82) is 0 Å². The highest BCUT2D eigenvalue weighted by atomic mass is 32.2. The summed E-state index contributed by atoms with van der Waals surface area (Å²) in [6.07, 6.45) is 0.671. The normalized spacial score (nSPS) is 16.2. The molecule has 0 radical (unpaired) electrons. The van der Waals surface area contributed by atoms with Crippen molar-refractivity contribution in [3.05, 3.63) is 29.8 Å². The van der Waals surface area contributed by atoms with Crippen molar-refractivity contribution < 1.29 is 23.1 Å². The Balaban J connectivity index is 2.07. The van der Waals surface area contributed by atoms with E-state index in [1.165, 1.54) is 19.2 Å². The van der Waals surface area contributed by atoms with Gasteiger partial charge in [-0.15, -0.1) is 0 Å². The largest absolute Gasteiger partial charge is 0.480 e. The number of benzene rings is 1. The average molecular weight is 312 g/mol. The maximum absolute atomic E-state index is 11.9. The van der Waals surface area contributed by atoms with E-state index in [0.29, 0.717) is 18.4 Å². The average Bonchev–Trinajstić information content (AvgIpc) is 3.27. The van der Waals surface area contributed by atoms with Crippen molar-refractivity contribution in [3.63, 3.8) is 0 Å². The second-order valence-corrected chi connectivity index (χ2v) is 6.81. The SMILES string of the molecule is CNS(=O)(=O)c1cccc(CNC(=O)C2(C(=O)O)CC2)c1. The summed E-state index contributed by atoms with van der Waals surface area (Å²) in [5, 5.41) is 11.6. The molecule has 0 unspecified atom stereocenters. The van der Waals surface area contributed by atoms with E-state index in [9.17, 15) is 18.0 Å². The number of rotatable bonds is 6. The Morgan fingerprint density at radius 3 is 2.52 bits per heavy atom. The number of sulfonamides is 1. The number of carbonyl (C=O) groups is 2. The van der Waals surface area contributed by atoms with Gasteiger partial charge in [-0.25, -0.2) is 13.1 Å². The number of amides is 1. The lowest BCUT2D eigenvalue weighted by atomic mass is 10.1. The number of carboxylic acids is 1. The van der Waals surface area contributed by atoms with Crippen molar-refractivity contribution >= 4 is 21.9 Å². The van der Waals surface area contributed by atoms with Gasteiger partial charge in [0.2, 0.25) is 15.9 Å². The summed E-state index contributed by atoms with van der Waals surface area (Å²) in [5.41, 5.74) is -0.713. The van der Waals surface area contributed by atoms with Gasteiger partial charge in [0.1, 0.15) is 5.41 Å².